The van der Waals surface area contributed by atoms with Crippen LogP contribution in [0.15, 0.2) is 10.9 Å². The van der Waals surface area contributed by atoms with Crippen LogP contribution in [0.3, 0.4) is 0 Å². The molecule has 1 aromatic rings. The van der Waals surface area contributed by atoms with Crippen LogP contribution in [0.25, 0.3) is 0 Å². The van der Waals surface area contributed by atoms with E-state index in [0.29, 0.717) is 19.0 Å². The second kappa shape index (κ2) is 4.57. The van der Waals surface area contributed by atoms with Gasteiger partial charge in [-0.2, -0.15) is 4.98 Å². The maximum atomic E-state index is 11.5. The molecule has 78 valence electrons. The van der Waals surface area contributed by atoms with Gasteiger partial charge in [0.1, 0.15) is 5.15 Å². The van der Waals surface area contributed by atoms with Crippen molar-refractivity contribution in [2.45, 2.75) is 26.9 Å². The Morgan fingerprint density at radius 3 is 2.79 bits per heavy atom. The predicted octanol–water partition coefficient (Wildman–Crippen LogP) is 1.01. The van der Waals surface area contributed by atoms with E-state index in [1.807, 2.05) is 13.8 Å². The molecule has 0 amide bonds. The number of rotatable bonds is 3. The van der Waals surface area contributed by atoms with Crippen LogP contribution in [0.4, 0.5) is 0 Å². The molecule has 0 saturated heterocycles. The van der Waals surface area contributed by atoms with Gasteiger partial charge in [0.25, 0.3) is 0 Å². The molecule has 0 spiro atoms. The molecule has 0 unspecified atom stereocenters. The van der Waals surface area contributed by atoms with Crippen molar-refractivity contribution in [1.82, 2.24) is 9.55 Å². The van der Waals surface area contributed by atoms with Crippen molar-refractivity contribution in [2.24, 2.45) is 11.7 Å². The lowest BCUT2D eigenvalue weighted by Crippen LogP contribution is -2.29. The largest absolute Gasteiger partial charge is 0.349 e. The number of halogens is 1. The van der Waals surface area contributed by atoms with Crippen LogP contribution in [-0.2, 0) is 13.1 Å². The summed E-state index contributed by atoms with van der Waals surface area (Å²) in [6, 6.07) is 1.63. The van der Waals surface area contributed by atoms with E-state index in [0.717, 1.165) is 5.69 Å². The van der Waals surface area contributed by atoms with E-state index in [4.69, 9.17) is 17.3 Å². The van der Waals surface area contributed by atoms with Gasteiger partial charge in [0.05, 0.1) is 0 Å². The Hall–Kier alpha value is -0.870. The third-order valence-corrected chi connectivity index (χ3v) is 2.02. The zero-order valence-corrected chi connectivity index (χ0v) is 9.08. The smallest absolute Gasteiger partial charge is 0.325 e. The van der Waals surface area contributed by atoms with Crippen molar-refractivity contribution in [3.63, 3.8) is 0 Å². The van der Waals surface area contributed by atoms with Crippen LogP contribution in [0, 0.1) is 5.92 Å². The second-order valence-electron chi connectivity index (χ2n) is 3.56. The molecule has 0 fully saturated rings. The Kier molecular flexibility index (Phi) is 3.66. The molecule has 0 atom stereocenters. The summed E-state index contributed by atoms with van der Waals surface area (Å²) in [6.45, 7) is 4.97. The zero-order valence-electron chi connectivity index (χ0n) is 8.33. The summed E-state index contributed by atoms with van der Waals surface area (Å²) in [7, 11) is 0. The SMILES string of the molecule is CC(C)Cn1c(CN)cc(Cl)nc1=O. The summed E-state index contributed by atoms with van der Waals surface area (Å²) in [6.07, 6.45) is 0. The quantitative estimate of drug-likeness (QED) is 0.766. The Labute approximate surface area is 87.7 Å². The molecule has 4 nitrogen and oxygen atoms in total. The molecule has 14 heavy (non-hydrogen) atoms. The molecule has 2 N–H and O–H groups in total. The fourth-order valence-corrected chi connectivity index (χ4v) is 1.45. The van der Waals surface area contributed by atoms with Crippen LogP contribution in [-0.4, -0.2) is 9.55 Å². The molecule has 0 aromatic carbocycles. The minimum Gasteiger partial charge on any atom is -0.325 e. The maximum Gasteiger partial charge on any atom is 0.349 e. The molecule has 1 aromatic heterocycles. The van der Waals surface area contributed by atoms with E-state index in [9.17, 15) is 4.79 Å². The highest BCUT2D eigenvalue weighted by Gasteiger charge is 2.07. The highest BCUT2D eigenvalue weighted by atomic mass is 35.5. The Balaban J connectivity index is 3.19. The lowest BCUT2D eigenvalue weighted by atomic mass is 10.2. The molecule has 0 saturated carbocycles. The first-order valence-corrected chi connectivity index (χ1v) is 4.88. The average Bonchev–Trinajstić information content (AvgIpc) is 2.08. The van der Waals surface area contributed by atoms with Crippen LogP contribution in [0.5, 0.6) is 0 Å². The molecular formula is C9H14ClN3O. The van der Waals surface area contributed by atoms with Gasteiger partial charge >= 0.3 is 5.69 Å². The van der Waals surface area contributed by atoms with Gasteiger partial charge in [-0.25, -0.2) is 4.79 Å². The third kappa shape index (κ3) is 2.56. The second-order valence-corrected chi connectivity index (χ2v) is 3.95. The van der Waals surface area contributed by atoms with Gasteiger partial charge in [0, 0.05) is 18.8 Å². The number of nitrogens with zero attached hydrogens (tertiary/aromatic N) is 2. The third-order valence-electron chi connectivity index (χ3n) is 1.82. The summed E-state index contributed by atoms with van der Waals surface area (Å²) in [5.41, 5.74) is 5.92. The molecule has 0 aliphatic heterocycles. The van der Waals surface area contributed by atoms with Gasteiger partial charge in [-0.1, -0.05) is 25.4 Å². The topological polar surface area (TPSA) is 60.9 Å². The first-order chi connectivity index (χ1) is 6.54. The zero-order chi connectivity index (χ0) is 10.7. The number of aromatic nitrogens is 2. The summed E-state index contributed by atoms with van der Waals surface area (Å²) >= 11 is 5.66. The van der Waals surface area contributed by atoms with Crippen LogP contribution >= 0.6 is 11.6 Å². The van der Waals surface area contributed by atoms with Gasteiger partial charge < -0.3 is 5.73 Å². The number of hydrogen-bond acceptors (Lipinski definition) is 3. The molecule has 1 rings (SSSR count). The van der Waals surface area contributed by atoms with E-state index < -0.39 is 0 Å². The molecular weight excluding hydrogens is 202 g/mol. The van der Waals surface area contributed by atoms with E-state index in [-0.39, 0.29) is 10.8 Å². The van der Waals surface area contributed by atoms with Gasteiger partial charge in [-0.05, 0) is 12.0 Å². The first kappa shape index (κ1) is 11.2. The van der Waals surface area contributed by atoms with E-state index >= 15 is 0 Å². The summed E-state index contributed by atoms with van der Waals surface area (Å²) < 4.78 is 1.57. The molecule has 1 heterocycles. The van der Waals surface area contributed by atoms with Crippen molar-refractivity contribution in [3.8, 4) is 0 Å². The lowest BCUT2D eigenvalue weighted by molar-refractivity contribution is 0.488. The minimum atomic E-state index is -0.327. The fourth-order valence-electron chi connectivity index (χ4n) is 1.25. The van der Waals surface area contributed by atoms with Gasteiger partial charge in [-0.3, -0.25) is 4.57 Å². The normalized spacial score (nSPS) is 10.9. The molecule has 5 heteroatoms. The lowest BCUT2D eigenvalue weighted by Gasteiger charge is -2.12. The monoisotopic (exact) mass is 215 g/mol. The number of nitrogens with two attached hydrogens (primary N) is 1. The minimum absolute atomic E-state index is 0.204. The Morgan fingerprint density at radius 1 is 1.64 bits per heavy atom. The highest BCUT2D eigenvalue weighted by molar-refractivity contribution is 6.29. The van der Waals surface area contributed by atoms with E-state index in [2.05, 4.69) is 4.98 Å². The predicted molar refractivity (Wildman–Crippen MR) is 56.2 cm³/mol. The van der Waals surface area contributed by atoms with Crippen molar-refractivity contribution in [3.05, 3.63) is 27.4 Å². The van der Waals surface area contributed by atoms with E-state index in [1.54, 1.807) is 10.6 Å². The number of hydrogen-bond donors (Lipinski definition) is 1. The molecule has 0 aliphatic rings. The van der Waals surface area contributed by atoms with Gasteiger partial charge in [0.15, 0.2) is 0 Å². The van der Waals surface area contributed by atoms with Crippen molar-refractivity contribution >= 4 is 11.6 Å². The van der Waals surface area contributed by atoms with Crippen LogP contribution in [0.2, 0.25) is 5.15 Å². The maximum absolute atomic E-state index is 11.5. The van der Waals surface area contributed by atoms with Crippen molar-refractivity contribution in [1.29, 1.82) is 0 Å². The molecule has 0 aliphatic carbocycles. The van der Waals surface area contributed by atoms with Gasteiger partial charge in [-0.15, -0.1) is 0 Å². The summed E-state index contributed by atoms with van der Waals surface area (Å²) in [4.78, 5) is 15.1. The first-order valence-electron chi connectivity index (χ1n) is 4.51. The van der Waals surface area contributed by atoms with E-state index in [1.165, 1.54) is 0 Å². The standard InChI is InChI=1S/C9H14ClN3O/c1-6(2)5-13-7(4-11)3-8(10)12-9(13)14/h3,6H,4-5,11H2,1-2H3. The van der Waals surface area contributed by atoms with Crippen LogP contribution < -0.4 is 11.4 Å². The van der Waals surface area contributed by atoms with Crippen molar-refractivity contribution in [2.75, 3.05) is 0 Å². The Bertz CT molecular complexity index is 373. The van der Waals surface area contributed by atoms with Crippen molar-refractivity contribution < 1.29 is 0 Å². The summed E-state index contributed by atoms with van der Waals surface area (Å²) in [5.74, 6) is 0.376. The fraction of sp³-hybridized carbons (Fsp3) is 0.556. The summed E-state index contributed by atoms with van der Waals surface area (Å²) in [5, 5.41) is 0.204. The molecule has 0 bridgehead atoms. The average molecular weight is 216 g/mol. The molecule has 0 radical (unpaired) electrons. The highest BCUT2D eigenvalue weighted by Crippen LogP contribution is 2.06. The Morgan fingerprint density at radius 2 is 2.29 bits per heavy atom. The van der Waals surface area contributed by atoms with Gasteiger partial charge in [0.2, 0.25) is 0 Å². The van der Waals surface area contributed by atoms with Crippen LogP contribution in [0.1, 0.15) is 19.5 Å².